The second kappa shape index (κ2) is 7.96. The molecule has 0 unspecified atom stereocenters. The maximum atomic E-state index is 13.0. The molecule has 0 aliphatic carbocycles. The number of carbonyl (C=O) groups is 1. The van der Waals surface area contributed by atoms with Crippen molar-refractivity contribution in [1.29, 1.82) is 5.26 Å². The number of hydrogen-bond donors (Lipinski definition) is 1. The molecule has 1 aromatic carbocycles. The molecule has 1 aromatic heterocycles. The summed E-state index contributed by atoms with van der Waals surface area (Å²) in [6.45, 7) is 2.22. The number of amides is 1. The lowest BCUT2D eigenvalue weighted by atomic mass is 10.1. The molecule has 1 atom stereocenters. The zero-order valence-electron chi connectivity index (χ0n) is 13.5. The molecular formula is C17H17N5O2S. The van der Waals surface area contributed by atoms with Crippen LogP contribution in [-0.2, 0) is 9.53 Å². The van der Waals surface area contributed by atoms with Gasteiger partial charge in [0, 0.05) is 13.1 Å². The van der Waals surface area contributed by atoms with E-state index in [0.29, 0.717) is 31.5 Å². The number of rotatable bonds is 4. The SMILES string of the molecule is N#Cc1cnc(S[C@@H](C(=O)N2CCOCC2)c2ccccc2)nc1N. The van der Waals surface area contributed by atoms with E-state index in [2.05, 4.69) is 9.97 Å². The van der Waals surface area contributed by atoms with E-state index in [0.717, 1.165) is 5.56 Å². The summed E-state index contributed by atoms with van der Waals surface area (Å²) in [6.07, 6.45) is 1.38. The summed E-state index contributed by atoms with van der Waals surface area (Å²) in [5.74, 6) is 0.108. The molecule has 1 amide bonds. The Labute approximate surface area is 149 Å². The number of benzene rings is 1. The molecule has 2 N–H and O–H groups in total. The normalized spacial score (nSPS) is 15.4. The van der Waals surface area contributed by atoms with Gasteiger partial charge < -0.3 is 15.4 Å². The number of morpholine rings is 1. The standard InChI is InChI=1S/C17H17N5O2S/c18-10-13-11-20-17(21-15(13)19)25-14(12-4-2-1-3-5-12)16(23)22-6-8-24-9-7-22/h1-5,11,14H,6-9H2,(H2,19,20,21)/t14-/m1/s1. The van der Waals surface area contributed by atoms with Crippen molar-refractivity contribution in [1.82, 2.24) is 14.9 Å². The highest BCUT2D eigenvalue weighted by atomic mass is 32.2. The lowest BCUT2D eigenvalue weighted by Gasteiger charge is -2.30. The summed E-state index contributed by atoms with van der Waals surface area (Å²) in [5.41, 5.74) is 6.86. The van der Waals surface area contributed by atoms with Gasteiger partial charge in [-0.25, -0.2) is 9.97 Å². The Morgan fingerprint density at radius 2 is 2.04 bits per heavy atom. The van der Waals surface area contributed by atoms with E-state index in [-0.39, 0.29) is 17.3 Å². The van der Waals surface area contributed by atoms with Gasteiger partial charge in [0.1, 0.15) is 22.7 Å². The lowest BCUT2D eigenvalue weighted by Crippen LogP contribution is -2.42. The minimum absolute atomic E-state index is 0.00830. The molecule has 1 aliphatic rings. The van der Waals surface area contributed by atoms with Gasteiger partial charge in [0.15, 0.2) is 5.16 Å². The van der Waals surface area contributed by atoms with Gasteiger partial charge in [-0.1, -0.05) is 42.1 Å². The number of hydrogen-bond acceptors (Lipinski definition) is 7. The fourth-order valence-electron chi connectivity index (χ4n) is 2.46. The van der Waals surface area contributed by atoms with Gasteiger partial charge in [-0.2, -0.15) is 5.26 Å². The minimum atomic E-state index is -0.480. The number of nitrogens with zero attached hydrogens (tertiary/aromatic N) is 4. The smallest absolute Gasteiger partial charge is 0.240 e. The Morgan fingerprint density at radius 1 is 1.32 bits per heavy atom. The third-order valence-corrected chi connectivity index (χ3v) is 4.91. The maximum absolute atomic E-state index is 13.0. The number of aromatic nitrogens is 2. The monoisotopic (exact) mass is 355 g/mol. The number of anilines is 1. The molecule has 1 fully saturated rings. The second-order valence-electron chi connectivity index (χ2n) is 5.41. The fraction of sp³-hybridized carbons (Fsp3) is 0.294. The third-order valence-electron chi connectivity index (χ3n) is 3.79. The number of carbonyl (C=O) groups excluding carboxylic acids is 1. The Balaban J connectivity index is 1.87. The summed E-state index contributed by atoms with van der Waals surface area (Å²) in [4.78, 5) is 23.1. The van der Waals surface area contributed by atoms with Crippen LogP contribution in [0.15, 0.2) is 41.7 Å². The first-order valence-corrected chi connectivity index (χ1v) is 8.68. The highest BCUT2D eigenvalue weighted by molar-refractivity contribution is 8.00. The van der Waals surface area contributed by atoms with E-state index >= 15 is 0 Å². The average molecular weight is 355 g/mol. The highest BCUT2D eigenvalue weighted by Gasteiger charge is 2.29. The van der Waals surface area contributed by atoms with Crippen LogP contribution in [0.2, 0.25) is 0 Å². The Bertz CT molecular complexity index is 787. The molecule has 0 spiro atoms. The molecule has 128 valence electrons. The predicted octanol–water partition coefficient (Wildman–Crippen LogP) is 1.62. The van der Waals surface area contributed by atoms with Crippen molar-refractivity contribution in [2.45, 2.75) is 10.4 Å². The highest BCUT2D eigenvalue weighted by Crippen LogP contribution is 2.35. The molecule has 0 saturated carbocycles. The van der Waals surface area contributed by atoms with Crippen LogP contribution in [0.4, 0.5) is 5.82 Å². The van der Waals surface area contributed by atoms with Crippen molar-refractivity contribution < 1.29 is 9.53 Å². The molecule has 0 bridgehead atoms. The summed E-state index contributed by atoms with van der Waals surface area (Å²) < 4.78 is 5.32. The van der Waals surface area contributed by atoms with Crippen LogP contribution in [-0.4, -0.2) is 47.1 Å². The van der Waals surface area contributed by atoms with Gasteiger partial charge in [-0.05, 0) is 5.56 Å². The number of nitrogens with two attached hydrogens (primary N) is 1. The molecule has 2 aromatic rings. The van der Waals surface area contributed by atoms with E-state index < -0.39 is 5.25 Å². The Hall–Kier alpha value is -2.63. The van der Waals surface area contributed by atoms with Crippen molar-refractivity contribution in [3.63, 3.8) is 0 Å². The predicted molar refractivity (Wildman–Crippen MR) is 93.6 cm³/mol. The van der Waals surface area contributed by atoms with Gasteiger partial charge in [0.2, 0.25) is 5.91 Å². The van der Waals surface area contributed by atoms with Crippen LogP contribution in [0.25, 0.3) is 0 Å². The molecular weight excluding hydrogens is 338 g/mol. The number of thioether (sulfide) groups is 1. The van der Waals surface area contributed by atoms with Gasteiger partial charge in [-0.15, -0.1) is 0 Å². The molecule has 1 aliphatic heterocycles. The maximum Gasteiger partial charge on any atom is 0.240 e. The number of nitrogen functional groups attached to an aromatic ring is 1. The van der Waals surface area contributed by atoms with Crippen LogP contribution in [0.1, 0.15) is 16.4 Å². The number of ether oxygens (including phenoxy) is 1. The summed E-state index contributed by atoms with van der Waals surface area (Å²) >= 11 is 1.23. The summed E-state index contributed by atoms with van der Waals surface area (Å²) in [7, 11) is 0. The summed E-state index contributed by atoms with van der Waals surface area (Å²) in [6, 6.07) is 11.4. The van der Waals surface area contributed by atoms with Gasteiger partial charge in [-0.3, -0.25) is 4.79 Å². The Kier molecular flexibility index (Phi) is 5.48. The zero-order chi connectivity index (χ0) is 17.6. The molecule has 2 heterocycles. The Morgan fingerprint density at radius 3 is 2.68 bits per heavy atom. The van der Waals surface area contributed by atoms with Crippen molar-refractivity contribution in [2.24, 2.45) is 0 Å². The average Bonchev–Trinajstić information content (AvgIpc) is 2.67. The van der Waals surface area contributed by atoms with Crippen LogP contribution >= 0.6 is 11.8 Å². The van der Waals surface area contributed by atoms with Gasteiger partial charge in [0.05, 0.1) is 19.4 Å². The first-order chi connectivity index (χ1) is 12.2. The van der Waals surface area contributed by atoms with E-state index in [1.165, 1.54) is 18.0 Å². The fourth-order valence-corrected chi connectivity index (χ4v) is 3.48. The second-order valence-corrected chi connectivity index (χ2v) is 6.48. The molecule has 7 nitrogen and oxygen atoms in total. The first kappa shape index (κ1) is 17.2. The van der Waals surface area contributed by atoms with Gasteiger partial charge in [0.25, 0.3) is 0 Å². The number of nitriles is 1. The quantitative estimate of drug-likeness (QED) is 0.656. The van der Waals surface area contributed by atoms with Crippen molar-refractivity contribution >= 4 is 23.5 Å². The van der Waals surface area contributed by atoms with Crippen LogP contribution < -0.4 is 5.73 Å². The lowest BCUT2D eigenvalue weighted by molar-refractivity contribution is -0.134. The van der Waals surface area contributed by atoms with Crippen molar-refractivity contribution in [3.8, 4) is 6.07 Å². The molecule has 1 saturated heterocycles. The van der Waals surface area contributed by atoms with Crippen molar-refractivity contribution in [3.05, 3.63) is 47.7 Å². The van der Waals surface area contributed by atoms with E-state index in [4.69, 9.17) is 15.7 Å². The third kappa shape index (κ3) is 4.07. The summed E-state index contributed by atoms with van der Waals surface area (Å²) in [5, 5.41) is 8.83. The topological polar surface area (TPSA) is 105 Å². The van der Waals surface area contributed by atoms with Crippen molar-refractivity contribution in [2.75, 3.05) is 32.0 Å². The van der Waals surface area contributed by atoms with Gasteiger partial charge >= 0.3 is 0 Å². The molecule has 3 rings (SSSR count). The van der Waals surface area contributed by atoms with Crippen LogP contribution in [0.3, 0.4) is 0 Å². The molecule has 0 radical (unpaired) electrons. The van der Waals surface area contributed by atoms with Crippen LogP contribution in [0, 0.1) is 11.3 Å². The minimum Gasteiger partial charge on any atom is -0.382 e. The van der Waals surface area contributed by atoms with Crippen LogP contribution in [0.5, 0.6) is 0 Å². The largest absolute Gasteiger partial charge is 0.382 e. The van der Waals surface area contributed by atoms with E-state index in [1.807, 2.05) is 36.4 Å². The molecule has 8 heteroatoms. The van der Waals surface area contributed by atoms with E-state index in [1.54, 1.807) is 4.90 Å². The molecule has 25 heavy (non-hydrogen) atoms. The zero-order valence-corrected chi connectivity index (χ0v) is 14.3. The van der Waals surface area contributed by atoms with E-state index in [9.17, 15) is 4.79 Å². The first-order valence-electron chi connectivity index (χ1n) is 7.80.